The molecule has 0 unspecified atom stereocenters. The summed E-state index contributed by atoms with van der Waals surface area (Å²) in [6.07, 6.45) is 2.20. The topological polar surface area (TPSA) is 50.1 Å². The number of unbranched alkanes of at least 4 members (excludes halogenated alkanes) is 1. The van der Waals surface area contributed by atoms with Crippen LogP contribution in [-0.2, 0) is 9.53 Å². The molecule has 0 rings (SSSR count). The van der Waals surface area contributed by atoms with Crippen LogP contribution in [0.15, 0.2) is 11.0 Å². The fourth-order valence-corrected chi connectivity index (χ4v) is 1.59. The molecule has 0 heterocycles. The number of thioether (sulfide) groups is 1. The van der Waals surface area contributed by atoms with E-state index >= 15 is 0 Å². The zero-order valence-corrected chi connectivity index (χ0v) is 9.39. The van der Waals surface area contributed by atoms with Gasteiger partial charge < -0.3 is 4.74 Å². The average Bonchev–Trinajstić information content (AvgIpc) is 2.18. The van der Waals surface area contributed by atoms with Gasteiger partial charge in [0.15, 0.2) is 0 Å². The summed E-state index contributed by atoms with van der Waals surface area (Å²) in [6, 6.07) is 1.83. The van der Waals surface area contributed by atoms with Gasteiger partial charge in [-0.1, -0.05) is 13.3 Å². The molecule has 0 radical (unpaired) electrons. The smallest absolute Gasteiger partial charge is 0.349 e. The molecule has 3 nitrogen and oxygen atoms in total. The maximum atomic E-state index is 11.1. The van der Waals surface area contributed by atoms with Gasteiger partial charge >= 0.3 is 5.97 Å². The van der Waals surface area contributed by atoms with Gasteiger partial charge in [0.05, 0.1) is 6.61 Å². The second kappa shape index (κ2) is 8.64. The first kappa shape index (κ1) is 13.1. The molecule has 4 heteroatoms. The molecule has 0 aromatic carbocycles. The maximum Gasteiger partial charge on any atom is 0.349 e. The third-order valence-corrected chi connectivity index (χ3v) is 2.36. The molecule has 0 bridgehead atoms. The van der Waals surface area contributed by atoms with Crippen LogP contribution < -0.4 is 0 Å². The van der Waals surface area contributed by atoms with E-state index in [0.717, 1.165) is 18.6 Å². The van der Waals surface area contributed by atoms with Crippen LogP contribution in [0.2, 0.25) is 0 Å². The number of nitriles is 1. The lowest BCUT2D eigenvalue weighted by Gasteiger charge is -1.98. The van der Waals surface area contributed by atoms with Crippen molar-refractivity contribution in [3.8, 4) is 6.07 Å². The summed E-state index contributed by atoms with van der Waals surface area (Å²) in [5, 5.41) is 10.2. The highest BCUT2D eigenvalue weighted by Gasteiger charge is 2.08. The average molecular weight is 213 g/mol. The minimum atomic E-state index is -0.529. The summed E-state index contributed by atoms with van der Waals surface area (Å²) in [4.78, 5) is 11.1. The van der Waals surface area contributed by atoms with Gasteiger partial charge in [0.25, 0.3) is 0 Å². The Morgan fingerprint density at radius 2 is 2.29 bits per heavy atom. The summed E-state index contributed by atoms with van der Waals surface area (Å²) in [6.45, 7) is 4.12. The molecule has 0 aromatic rings. The molecule has 0 aliphatic carbocycles. The first-order valence-corrected chi connectivity index (χ1v) is 5.70. The van der Waals surface area contributed by atoms with Crippen LogP contribution in [-0.4, -0.2) is 18.3 Å². The van der Waals surface area contributed by atoms with Crippen LogP contribution in [0, 0.1) is 11.3 Å². The molecular formula is C10H15NO2S. The van der Waals surface area contributed by atoms with Crippen LogP contribution in [0.4, 0.5) is 0 Å². The lowest BCUT2D eigenvalue weighted by atomic mass is 10.3. The molecular weight excluding hydrogens is 198 g/mol. The van der Waals surface area contributed by atoms with Crippen LogP contribution in [0.5, 0.6) is 0 Å². The van der Waals surface area contributed by atoms with Gasteiger partial charge in [0.2, 0.25) is 0 Å². The second-order valence-corrected chi connectivity index (χ2v) is 3.57. The van der Waals surface area contributed by atoms with E-state index in [1.54, 1.807) is 12.3 Å². The van der Waals surface area contributed by atoms with Crippen LogP contribution >= 0.6 is 11.8 Å². The number of hydrogen-bond acceptors (Lipinski definition) is 4. The number of hydrogen-bond donors (Lipinski definition) is 0. The summed E-state index contributed by atoms with van der Waals surface area (Å²) < 4.78 is 4.71. The van der Waals surface area contributed by atoms with Crippen LogP contribution in [0.1, 0.15) is 26.7 Å². The lowest BCUT2D eigenvalue weighted by Crippen LogP contribution is -2.05. The van der Waals surface area contributed by atoms with Crippen molar-refractivity contribution in [1.82, 2.24) is 0 Å². The van der Waals surface area contributed by atoms with E-state index in [4.69, 9.17) is 10.00 Å². The Labute approximate surface area is 89.1 Å². The highest BCUT2D eigenvalue weighted by molar-refractivity contribution is 8.02. The normalized spacial score (nSPS) is 10.8. The Kier molecular flexibility index (Phi) is 8.05. The van der Waals surface area contributed by atoms with E-state index in [1.165, 1.54) is 11.8 Å². The zero-order chi connectivity index (χ0) is 10.8. The van der Waals surface area contributed by atoms with E-state index < -0.39 is 5.97 Å². The molecule has 0 amide bonds. The Balaban J connectivity index is 4.00. The highest BCUT2D eigenvalue weighted by atomic mass is 32.2. The van der Waals surface area contributed by atoms with E-state index in [9.17, 15) is 4.79 Å². The van der Waals surface area contributed by atoms with Crippen LogP contribution in [0.25, 0.3) is 0 Å². The lowest BCUT2D eigenvalue weighted by molar-refractivity contribution is -0.137. The van der Waals surface area contributed by atoms with Crippen molar-refractivity contribution in [2.24, 2.45) is 0 Å². The molecule has 0 atom stereocenters. The summed E-state index contributed by atoms with van der Waals surface area (Å²) >= 11 is 1.48. The predicted octanol–water partition coefficient (Wildman–Crippen LogP) is 2.49. The molecule has 0 aromatic heterocycles. The minimum absolute atomic E-state index is 0.0907. The van der Waals surface area contributed by atoms with Gasteiger partial charge in [-0.05, 0) is 24.5 Å². The van der Waals surface area contributed by atoms with E-state index in [2.05, 4.69) is 6.92 Å². The molecule has 78 valence electrons. The second-order valence-electron chi connectivity index (χ2n) is 2.59. The largest absolute Gasteiger partial charge is 0.462 e. The molecule has 0 saturated heterocycles. The van der Waals surface area contributed by atoms with Gasteiger partial charge in [-0.25, -0.2) is 4.79 Å². The van der Waals surface area contributed by atoms with Crippen LogP contribution in [0.3, 0.4) is 0 Å². The zero-order valence-electron chi connectivity index (χ0n) is 8.58. The standard InChI is InChI=1S/C10H15NO2S/c1-3-5-6-14-8-9(7-11)10(12)13-4-2/h8H,3-6H2,1-2H3/b9-8+. The first-order valence-electron chi connectivity index (χ1n) is 4.65. The van der Waals surface area contributed by atoms with Crippen molar-refractivity contribution in [3.05, 3.63) is 11.0 Å². The SMILES string of the molecule is CCCCS/C=C(\C#N)C(=O)OCC. The quantitative estimate of drug-likeness (QED) is 0.294. The third kappa shape index (κ3) is 5.65. The highest BCUT2D eigenvalue weighted by Crippen LogP contribution is 2.10. The Morgan fingerprint density at radius 3 is 2.79 bits per heavy atom. The van der Waals surface area contributed by atoms with Gasteiger partial charge in [-0.15, -0.1) is 11.8 Å². The summed E-state index contributed by atoms with van der Waals surface area (Å²) in [5.41, 5.74) is 0.0907. The molecule has 0 aliphatic rings. The molecule has 14 heavy (non-hydrogen) atoms. The number of nitrogens with zero attached hydrogens (tertiary/aromatic N) is 1. The van der Waals surface area contributed by atoms with Crippen molar-refractivity contribution >= 4 is 17.7 Å². The van der Waals surface area contributed by atoms with Gasteiger partial charge in [-0.2, -0.15) is 5.26 Å². The fourth-order valence-electron chi connectivity index (χ4n) is 0.699. The van der Waals surface area contributed by atoms with E-state index in [-0.39, 0.29) is 5.57 Å². The number of carbonyl (C=O) groups is 1. The summed E-state index contributed by atoms with van der Waals surface area (Å²) in [5.74, 6) is 0.403. The molecule has 0 N–H and O–H groups in total. The number of esters is 1. The number of carbonyl (C=O) groups excluding carboxylic acids is 1. The maximum absolute atomic E-state index is 11.1. The van der Waals surface area contributed by atoms with Gasteiger partial charge in [0.1, 0.15) is 11.6 Å². The predicted molar refractivity (Wildman–Crippen MR) is 57.7 cm³/mol. The van der Waals surface area contributed by atoms with Gasteiger partial charge in [0, 0.05) is 0 Å². The number of ether oxygens (including phenoxy) is 1. The minimum Gasteiger partial charge on any atom is -0.462 e. The van der Waals surface area contributed by atoms with E-state index in [1.807, 2.05) is 6.07 Å². The van der Waals surface area contributed by atoms with E-state index in [0.29, 0.717) is 6.61 Å². The third-order valence-electron chi connectivity index (χ3n) is 1.43. The number of rotatable bonds is 6. The van der Waals surface area contributed by atoms with Crippen molar-refractivity contribution in [3.63, 3.8) is 0 Å². The van der Waals surface area contributed by atoms with Gasteiger partial charge in [-0.3, -0.25) is 0 Å². The fraction of sp³-hybridized carbons (Fsp3) is 0.600. The molecule has 0 spiro atoms. The first-order chi connectivity index (χ1) is 6.76. The molecule has 0 saturated carbocycles. The Morgan fingerprint density at radius 1 is 1.57 bits per heavy atom. The monoisotopic (exact) mass is 213 g/mol. The molecule has 0 fully saturated rings. The van der Waals surface area contributed by atoms with Crippen molar-refractivity contribution < 1.29 is 9.53 Å². The Hall–Kier alpha value is -0.950. The van der Waals surface area contributed by atoms with Crippen molar-refractivity contribution in [2.75, 3.05) is 12.4 Å². The Bertz CT molecular complexity index is 243. The van der Waals surface area contributed by atoms with Crippen molar-refractivity contribution in [2.45, 2.75) is 26.7 Å². The van der Waals surface area contributed by atoms with Crippen molar-refractivity contribution in [1.29, 1.82) is 5.26 Å². The molecule has 0 aliphatic heterocycles. The summed E-state index contributed by atoms with van der Waals surface area (Å²) in [7, 11) is 0.